The molecule has 3 nitrogen and oxygen atoms in total. The third-order valence-corrected chi connectivity index (χ3v) is 6.25. The molecule has 0 atom stereocenters. The summed E-state index contributed by atoms with van der Waals surface area (Å²) in [6.45, 7) is 8.60. The molecule has 0 aliphatic carbocycles. The van der Waals surface area contributed by atoms with Crippen LogP contribution in [0.1, 0.15) is 124 Å². The van der Waals surface area contributed by atoms with Gasteiger partial charge < -0.3 is 10.1 Å². The maximum Gasteiger partial charge on any atom is 0.306 e. The fraction of sp³-hybridized carbons (Fsp3) is 0.958. The summed E-state index contributed by atoms with van der Waals surface area (Å²) in [6, 6.07) is 0. The molecule has 0 amide bonds. The molecular weight excluding hydrogens is 334 g/mol. The molecular formula is C24H48NO2+. The first-order valence-corrected chi connectivity index (χ1v) is 12.1. The van der Waals surface area contributed by atoms with Gasteiger partial charge in [0.05, 0.1) is 19.0 Å². The highest BCUT2D eigenvalue weighted by atomic mass is 16.6. The summed E-state index contributed by atoms with van der Waals surface area (Å²) in [5, 5.41) is 2.27. The van der Waals surface area contributed by atoms with E-state index in [-0.39, 0.29) is 11.6 Å². The van der Waals surface area contributed by atoms with E-state index >= 15 is 0 Å². The van der Waals surface area contributed by atoms with Crippen LogP contribution < -0.4 is 5.32 Å². The van der Waals surface area contributed by atoms with Crippen molar-refractivity contribution in [1.82, 2.24) is 0 Å². The molecule has 3 heteroatoms. The van der Waals surface area contributed by atoms with Crippen LogP contribution in [0.4, 0.5) is 0 Å². The second-order valence-corrected chi connectivity index (χ2v) is 9.23. The first-order valence-electron chi connectivity index (χ1n) is 12.1. The number of quaternary nitrogens is 1. The molecule has 1 saturated heterocycles. The molecule has 2 N–H and O–H groups in total. The van der Waals surface area contributed by atoms with E-state index in [0.29, 0.717) is 12.3 Å². The number of hydrogen-bond donors (Lipinski definition) is 1. The number of esters is 1. The molecule has 27 heavy (non-hydrogen) atoms. The highest BCUT2D eigenvalue weighted by Gasteiger charge is 2.40. The first-order chi connectivity index (χ1) is 13.1. The van der Waals surface area contributed by atoms with Crippen molar-refractivity contribution in [3.05, 3.63) is 0 Å². The summed E-state index contributed by atoms with van der Waals surface area (Å²) >= 11 is 0. The van der Waals surface area contributed by atoms with Gasteiger partial charge in [0.1, 0.15) is 5.60 Å². The Labute approximate surface area is 169 Å². The number of hydrogen-bond acceptors (Lipinski definition) is 2. The Morgan fingerprint density at radius 3 is 1.56 bits per heavy atom. The molecule has 1 fully saturated rings. The summed E-state index contributed by atoms with van der Waals surface area (Å²) in [5.74, 6) is 0.532. The van der Waals surface area contributed by atoms with Crippen LogP contribution in [0.15, 0.2) is 0 Å². The van der Waals surface area contributed by atoms with E-state index in [4.69, 9.17) is 4.74 Å². The lowest BCUT2D eigenvalue weighted by Crippen LogP contribution is -2.98. The molecule has 0 unspecified atom stereocenters. The van der Waals surface area contributed by atoms with Crippen LogP contribution in [0, 0.1) is 5.92 Å². The summed E-state index contributed by atoms with van der Waals surface area (Å²) < 4.78 is 5.70. The van der Waals surface area contributed by atoms with Crippen molar-refractivity contribution in [2.45, 2.75) is 129 Å². The topological polar surface area (TPSA) is 42.9 Å². The molecule has 0 saturated carbocycles. The zero-order valence-corrected chi connectivity index (χ0v) is 18.7. The molecule has 0 aromatic heterocycles. The molecule has 0 aromatic rings. The van der Waals surface area contributed by atoms with Crippen LogP contribution in [-0.4, -0.2) is 24.7 Å². The van der Waals surface area contributed by atoms with Gasteiger partial charge in [-0.15, -0.1) is 0 Å². The Bertz CT molecular complexity index is 363. The zero-order valence-electron chi connectivity index (χ0n) is 18.7. The predicted molar refractivity (Wildman–Crippen MR) is 115 cm³/mol. The third kappa shape index (κ3) is 12.5. The minimum atomic E-state index is -0.276. The molecule has 0 aromatic carbocycles. The molecule has 1 heterocycles. The van der Waals surface area contributed by atoms with Crippen LogP contribution in [0.3, 0.4) is 0 Å². The maximum atomic E-state index is 12.0. The van der Waals surface area contributed by atoms with Crippen molar-refractivity contribution in [2.24, 2.45) is 5.92 Å². The minimum absolute atomic E-state index is 0.00148. The number of nitrogens with two attached hydrogens (primary N) is 1. The normalized spacial score (nSPS) is 14.9. The van der Waals surface area contributed by atoms with E-state index in [2.05, 4.69) is 26.1 Å². The number of ether oxygens (including phenoxy) is 1. The largest absolute Gasteiger partial charge is 0.459 e. The van der Waals surface area contributed by atoms with Gasteiger partial charge in [-0.3, -0.25) is 4.79 Å². The van der Waals surface area contributed by atoms with Gasteiger partial charge >= 0.3 is 5.97 Å². The number of carbonyl (C=O) groups is 1. The second kappa shape index (κ2) is 15.4. The summed E-state index contributed by atoms with van der Waals surface area (Å²) in [6.07, 6.45) is 20.9. The quantitative estimate of drug-likeness (QED) is 0.242. The molecule has 1 rings (SSSR count). The van der Waals surface area contributed by atoms with Crippen molar-refractivity contribution in [1.29, 1.82) is 0 Å². The number of carbonyl (C=O) groups excluding carboxylic acids is 1. The standard InChI is InChI=1S/C24H47NO2/c1-4-5-6-7-8-9-10-11-12-13-14-15-16-17-18-19-23(26)27-24(2,3)22-20-25-21-22/h22,25H,4-21H2,1-3H3/p+1. The van der Waals surface area contributed by atoms with E-state index in [1.54, 1.807) is 0 Å². The monoisotopic (exact) mass is 382 g/mol. The average molecular weight is 383 g/mol. The van der Waals surface area contributed by atoms with Gasteiger partial charge in [-0.05, 0) is 20.3 Å². The van der Waals surface area contributed by atoms with E-state index in [1.165, 1.54) is 89.9 Å². The smallest absolute Gasteiger partial charge is 0.306 e. The molecule has 1 aliphatic heterocycles. The average Bonchev–Trinajstić information content (AvgIpc) is 2.55. The van der Waals surface area contributed by atoms with E-state index in [9.17, 15) is 4.79 Å². The summed E-state index contributed by atoms with van der Waals surface area (Å²) in [7, 11) is 0. The number of unbranched alkanes of at least 4 members (excludes halogenated alkanes) is 14. The lowest BCUT2D eigenvalue weighted by molar-refractivity contribution is -0.728. The predicted octanol–water partition coefficient (Wildman–Crippen LogP) is 5.76. The number of rotatable bonds is 18. The Morgan fingerprint density at radius 2 is 1.19 bits per heavy atom. The highest BCUT2D eigenvalue weighted by Crippen LogP contribution is 2.23. The first kappa shape index (κ1) is 24.5. The van der Waals surface area contributed by atoms with Crippen LogP contribution >= 0.6 is 0 Å². The lowest BCUT2D eigenvalue weighted by Gasteiger charge is -2.37. The zero-order chi connectivity index (χ0) is 19.8. The molecule has 0 spiro atoms. The van der Waals surface area contributed by atoms with Crippen molar-refractivity contribution >= 4 is 5.97 Å². The van der Waals surface area contributed by atoms with Crippen LogP contribution in [-0.2, 0) is 9.53 Å². The third-order valence-electron chi connectivity index (χ3n) is 6.25. The second-order valence-electron chi connectivity index (χ2n) is 9.23. The van der Waals surface area contributed by atoms with Gasteiger partial charge in [-0.2, -0.15) is 0 Å². The van der Waals surface area contributed by atoms with E-state index in [1.807, 2.05) is 0 Å². The molecule has 160 valence electrons. The SMILES string of the molecule is CCCCCCCCCCCCCCCCCC(=O)OC(C)(C)C1C[NH2+]C1. The van der Waals surface area contributed by atoms with Crippen LogP contribution in [0.25, 0.3) is 0 Å². The Kier molecular flexibility index (Phi) is 13.9. The summed E-state index contributed by atoms with van der Waals surface area (Å²) in [5.41, 5.74) is -0.276. The van der Waals surface area contributed by atoms with Gasteiger partial charge in [-0.1, -0.05) is 96.8 Å². The van der Waals surface area contributed by atoms with Crippen molar-refractivity contribution in [3.63, 3.8) is 0 Å². The molecule has 0 radical (unpaired) electrons. The van der Waals surface area contributed by atoms with Crippen molar-refractivity contribution in [3.8, 4) is 0 Å². The maximum absolute atomic E-state index is 12.0. The Hall–Kier alpha value is -0.570. The lowest BCUT2D eigenvalue weighted by atomic mass is 9.86. The fourth-order valence-corrected chi connectivity index (χ4v) is 3.97. The minimum Gasteiger partial charge on any atom is -0.459 e. The van der Waals surface area contributed by atoms with Crippen molar-refractivity contribution < 1.29 is 14.8 Å². The summed E-state index contributed by atoms with van der Waals surface area (Å²) in [4.78, 5) is 12.0. The molecule has 1 aliphatic rings. The Balaban J connectivity index is 1.79. The van der Waals surface area contributed by atoms with E-state index in [0.717, 1.165) is 19.5 Å². The Morgan fingerprint density at radius 1 is 0.778 bits per heavy atom. The highest BCUT2D eigenvalue weighted by molar-refractivity contribution is 5.69. The van der Waals surface area contributed by atoms with Gasteiger partial charge in [0.2, 0.25) is 0 Å². The fourth-order valence-electron chi connectivity index (χ4n) is 3.97. The van der Waals surface area contributed by atoms with Gasteiger partial charge in [-0.25, -0.2) is 0 Å². The van der Waals surface area contributed by atoms with Gasteiger partial charge in [0.25, 0.3) is 0 Å². The van der Waals surface area contributed by atoms with Gasteiger partial charge in [0, 0.05) is 6.42 Å². The van der Waals surface area contributed by atoms with E-state index < -0.39 is 0 Å². The van der Waals surface area contributed by atoms with Gasteiger partial charge in [0.15, 0.2) is 0 Å². The van der Waals surface area contributed by atoms with Crippen LogP contribution in [0.5, 0.6) is 0 Å². The van der Waals surface area contributed by atoms with Crippen molar-refractivity contribution in [2.75, 3.05) is 13.1 Å². The molecule has 0 bridgehead atoms. The van der Waals surface area contributed by atoms with Crippen LogP contribution in [0.2, 0.25) is 0 Å².